The van der Waals surface area contributed by atoms with Gasteiger partial charge in [-0.3, -0.25) is 9.88 Å². The molecule has 24 heavy (non-hydrogen) atoms. The van der Waals surface area contributed by atoms with Crippen LogP contribution in [0.4, 0.5) is 15.0 Å². The van der Waals surface area contributed by atoms with Crippen LogP contribution in [0.1, 0.15) is 22.3 Å². The zero-order chi connectivity index (χ0) is 16.6. The number of carbonyl (C=O) groups excluding carboxylic acids is 1. The van der Waals surface area contributed by atoms with Crippen LogP contribution >= 0.6 is 0 Å². The standard InChI is InChI=1S/C15H13FN4O3.K.H/c16-11-7-18-6-10(12(11)14(21)22)9-4-8-2-1-3-20(15(17)23)13(8)19-5-9;;/h4-7H,1-3H2,(H2,17,23)(H,21,22);;. The fraction of sp³-hybridized carbons (Fsp3) is 0.200. The summed E-state index contributed by atoms with van der Waals surface area (Å²) in [5.74, 6) is -1.84. The summed E-state index contributed by atoms with van der Waals surface area (Å²) in [4.78, 5) is 32.0. The third kappa shape index (κ3) is 3.50. The van der Waals surface area contributed by atoms with Gasteiger partial charge in [-0.25, -0.2) is 19.0 Å². The van der Waals surface area contributed by atoms with Gasteiger partial charge in [-0.05, 0) is 24.5 Å². The summed E-state index contributed by atoms with van der Waals surface area (Å²) in [5, 5.41) is 9.20. The molecule has 0 aromatic carbocycles. The molecule has 0 fully saturated rings. The van der Waals surface area contributed by atoms with Crippen molar-refractivity contribution in [2.45, 2.75) is 12.8 Å². The van der Waals surface area contributed by atoms with Gasteiger partial charge in [0.25, 0.3) is 0 Å². The summed E-state index contributed by atoms with van der Waals surface area (Å²) in [6.45, 7) is 0.483. The Morgan fingerprint density at radius 1 is 1.29 bits per heavy atom. The minimum absolute atomic E-state index is 0. The van der Waals surface area contributed by atoms with Gasteiger partial charge in [0, 0.05) is 30.1 Å². The number of urea groups is 1. The number of hydrogen-bond acceptors (Lipinski definition) is 4. The number of halogens is 1. The number of anilines is 1. The Balaban J connectivity index is 0.00000208. The Morgan fingerprint density at radius 3 is 2.71 bits per heavy atom. The molecule has 3 rings (SSSR count). The molecule has 0 bridgehead atoms. The summed E-state index contributed by atoms with van der Waals surface area (Å²) >= 11 is 0. The number of carboxylic acid groups (broad SMARTS) is 1. The molecule has 2 aromatic heterocycles. The normalized spacial score (nSPS) is 13.0. The molecule has 0 saturated carbocycles. The van der Waals surface area contributed by atoms with Crippen molar-refractivity contribution in [1.29, 1.82) is 0 Å². The van der Waals surface area contributed by atoms with E-state index in [1.54, 1.807) is 6.07 Å². The van der Waals surface area contributed by atoms with Crippen LogP contribution in [0.3, 0.4) is 0 Å². The first-order chi connectivity index (χ1) is 11.0. The van der Waals surface area contributed by atoms with Gasteiger partial charge in [-0.2, -0.15) is 0 Å². The second-order valence-electron chi connectivity index (χ2n) is 5.15. The number of aromatic carboxylic acids is 1. The number of primary amides is 1. The fourth-order valence-electron chi connectivity index (χ4n) is 2.70. The molecule has 0 unspecified atom stereocenters. The van der Waals surface area contributed by atoms with Gasteiger partial charge in [0.2, 0.25) is 0 Å². The average Bonchev–Trinajstić information content (AvgIpc) is 2.53. The second kappa shape index (κ2) is 7.66. The number of pyridine rings is 2. The zero-order valence-electron chi connectivity index (χ0n) is 12.0. The summed E-state index contributed by atoms with van der Waals surface area (Å²) in [7, 11) is 0. The maximum absolute atomic E-state index is 13.8. The van der Waals surface area contributed by atoms with Crippen LogP contribution in [0.5, 0.6) is 0 Å². The first-order valence-corrected chi connectivity index (χ1v) is 6.92. The molecule has 2 aromatic rings. The molecule has 1 aliphatic rings. The van der Waals surface area contributed by atoms with Gasteiger partial charge < -0.3 is 10.8 Å². The molecule has 0 saturated heterocycles. The van der Waals surface area contributed by atoms with Gasteiger partial charge in [-0.1, -0.05) is 0 Å². The quantitative estimate of drug-likeness (QED) is 0.785. The van der Waals surface area contributed by atoms with E-state index < -0.39 is 23.4 Å². The third-order valence-electron chi connectivity index (χ3n) is 3.72. The maximum atomic E-state index is 13.8. The Morgan fingerprint density at radius 2 is 2.04 bits per heavy atom. The number of hydrogen-bond donors (Lipinski definition) is 2. The average molecular weight is 356 g/mol. The number of aryl methyl sites for hydroxylation is 1. The number of nitrogens with two attached hydrogens (primary N) is 1. The van der Waals surface area contributed by atoms with E-state index in [-0.39, 0.29) is 56.9 Å². The predicted molar refractivity (Wildman–Crippen MR) is 86.8 cm³/mol. The molecular formula is C15H14FKN4O3. The van der Waals surface area contributed by atoms with Crippen molar-refractivity contribution in [2.75, 3.05) is 11.4 Å². The van der Waals surface area contributed by atoms with E-state index in [4.69, 9.17) is 5.73 Å². The Hall–Kier alpha value is -1.39. The molecule has 3 heterocycles. The van der Waals surface area contributed by atoms with Crippen molar-refractivity contribution in [3.05, 3.63) is 41.6 Å². The van der Waals surface area contributed by atoms with E-state index in [2.05, 4.69) is 9.97 Å². The van der Waals surface area contributed by atoms with E-state index in [9.17, 15) is 19.1 Å². The Kier molecular flexibility index (Phi) is 6.05. The van der Waals surface area contributed by atoms with Crippen molar-refractivity contribution in [3.63, 3.8) is 0 Å². The zero-order valence-corrected chi connectivity index (χ0v) is 12.0. The van der Waals surface area contributed by atoms with Crippen LogP contribution in [-0.2, 0) is 6.42 Å². The molecule has 120 valence electrons. The van der Waals surface area contributed by atoms with E-state index >= 15 is 0 Å². The SMILES string of the molecule is NC(=O)N1CCCc2cc(-c3cncc(F)c3C(=O)O)cnc21.[KH]. The van der Waals surface area contributed by atoms with Crippen LogP contribution in [0.15, 0.2) is 24.7 Å². The van der Waals surface area contributed by atoms with E-state index in [1.165, 1.54) is 17.3 Å². The summed E-state index contributed by atoms with van der Waals surface area (Å²) in [5.41, 5.74) is 6.20. The number of fused-ring (bicyclic) bond motifs is 1. The molecule has 0 radical (unpaired) electrons. The van der Waals surface area contributed by atoms with E-state index in [0.29, 0.717) is 30.8 Å². The molecular weight excluding hydrogens is 342 g/mol. The van der Waals surface area contributed by atoms with E-state index in [1.807, 2.05) is 0 Å². The van der Waals surface area contributed by atoms with Crippen molar-refractivity contribution >= 4 is 69.2 Å². The summed E-state index contributed by atoms with van der Waals surface area (Å²) in [6, 6.07) is 1.10. The van der Waals surface area contributed by atoms with Crippen LogP contribution in [0.2, 0.25) is 0 Å². The third-order valence-corrected chi connectivity index (χ3v) is 3.72. The fourth-order valence-corrected chi connectivity index (χ4v) is 2.70. The monoisotopic (exact) mass is 356 g/mol. The molecule has 9 heteroatoms. The first-order valence-electron chi connectivity index (χ1n) is 6.92. The van der Waals surface area contributed by atoms with Crippen molar-refractivity contribution in [3.8, 4) is 11.1 Å². The van der Waals surface area contributed by atoms with Crippen molar-refractivity contribution in [1.82, 2.24) is 9.97 Å². The predicted octanol–water partition coefficient (Wildman–Crippen LogP) is 1.16. The Labute approximate surface area is 179 Å². The van der Waals surface area contributed by atoms with Crippen LogP contribution in [0, 0.1) is 5.82 Å². The van der Waals surface area contributed by atoms with Crippen molar-refractivity contribution in [2.24, 2.45) is 5.73 Å². The Bertz CT molecular complexity index is 815. The summed E-state index contributed by atoms with van der Waals surface area (Å²) in [6.07, 6.45) is 4.92. The van der Waals surface area contributed by atoms with Gasteiger partial charge in [0.05, 0.1) is 6.20 Å². The summed E-state index contributed by atoms with van der Waals surface area (Å²) < 4.78 is 13.8. The molecule has 2 amide bonds. The van der Waals surface area contributed by atoms with Crippen molar-refractivity contribution < 1.29 is 19.1 Å². The van der Waals surface area contributed by atoms with Crippen LogP contribution in [0.25, 0.3) is 11.1 Å². The number of nitrogens with zero attached hydrogens (tertiary/aromatic N) is 3. The number of carbonyl (C=O) groups is 2. The molecule has 0 spiro atoms. The number of carboxylic acids is 1. The molecule has 0 aliphatic carbocycles. The van der Waals surface area contributed by atoms with Gasteiger partial charge in [-0.15, -0.1) is 0 Å². The van der Waals surface area contributed by atoms with Gasteiger partial charge >= 0.3 is 63.4 Å². The molecule has 3 N–H and O–H groups in total. The second-order valence-corrected chi connectivity index (χ2v) is 5.15. The molecule has 1 aliphatic heterocycles. The van der Waals surface area contributed by atoms with Crippen LogP contribution in [-0.4, -0.2) is 85.0 Å². The first kappa shape index (κ1) is 18.9. The van der Waals surface area contributed by atoms with Gasteiger partial charge in [0.1, 0.15) is 11.4 Å². The minimum atomic E-state index is -1.38. The van der Waals surface area contributed by atoms with E-state index in [0.717, 1.165) is 11.8 Å². The number of aromatic nitrogens is 2. The topological polar surface area (TPSA) is 109 Å². The number of rotatable bonds is 2. The number of amides is 2. The van der Waals surface area contributed by atoms with Crippen LogP contribution < -0.4 is 10.6 Å². The molecule has 7 nitrogen and oxygen atoms in total. The molecule has 0 atom stereocenters. The van der Waals surface area contributed by atoms with Gasteiger partial charge in [0.15, 0.2) is 5.82 Å².